The maximum absolute atomic E-state index is 3.44. The lowest BCUT2D eigenvalue weighted by atomic mass is 11.0. The van der Waals surface area contributed by atoms with Gasteiger partial charge in [-0.1, -0.05) is 0 Å². The molecule has 0 aliphatic rings. The van der Waals surface area contributed by atoms with Crippen molar-refractivity contribution in [3.05, 3.63) is 0 Å². The molecule has 0 aromatic heterocycles. The molecule has 6 nitrogen and oxygen atoms in total. The first-order chi connectivity index (χ1) is 4.85. The highest BCUT2D eigenvalue weighted by Gasteiger charge is 1.88. The van der Waals surface area contributed by atoms with Crippen molar-refractivity contribution in [2.24, 2.45) is 20.4 Å². The molecule has 0 radical (unpaired) electrons. The van der Waals surface area contributed by atoms with Crippen molar-refractivity contribution in [1.29, 1.82) is 0 Å². The van der Waals surface area contributed by atoms with Gasteiger partial charge < -0.3 is 0 Å². The topological polar surface area (TPSA) is 73.5 Å². The van der Waals surface area contributed by atoms with Crippen LogP contribution in [-0.2, 0) is 0 Å². The minimum absolute atomic E-state index is 0. The third kappa shape index (κ3) is 6.46. The second-order valence-corrected chi connectivity index (χ2v) is 1.13. The molecule has 0 spiro atoms. The fraction of sp³-hybridized carbons (Fsp3) is 0. The van der Waals surface area contributed by atoms with Crippen LogP contribution in [-0.4, -0.2) is 26.1 Å². The summed E-state index contributed by atoms with van der Waals surface area (Å²) in [5, 5.41) is 13.3. The summed E-state index contributed by atoms with van der Waals surface area (Å²) in [4.78, 5) is 0. The lowest BCUT2D eigenvalue weighted by Gasteiger charge is -1.98. The van der Waals surface area contributed by atoms with Crippen molar-refractivity contribution in [2.45, 2.75) is 0 Å². The van der Waals surface area contributed by atoms with Gasteiger partial charge in [-0.05, 0) is 0 Å². The Labute approximate surface area is 70.6 Å². The van der Waals surface area contributed by atoms with E-state index in [0.717, 1.165) is 0 Å². The number of rotatable bonds is 3. The van der Waals surface area contributed by atoms with Crippen LogP contribution in [0.2, 0.25) is 0 Å². The summed E-state index contributed by atoms with van der Waals surface area (Å²) in [5.41, 5.74) is 4.74. The van der Waals surface area contributed by atoms with Gasteiger partial charge in [0.05, 0.1) is 0 Å². The molecule has 0 bridgehead atoms. The van der Waals surface area contributed by atoms with Gasteiger partial charge in [-0.2, -0.15) is 15.3 Å². The van der Waals surface area contributed by atoms with E-state index in [1.807, 2.05) is 0 Å². The number of halogens is 1. The van der Waals surface area contributed by atoms with Crippen LogP contribution in [0.15, 0.2) is 20.4 Å². The molecule has 0 aliphatic carbocycles. The Balaban J connectivity index is 0. The van der Waals surface area contributed by atoms with Crippen molar-refractivity contribution in [2.75, 3.05) is 0 Å². The maximum atomic E-state index is 3.44. The summed E-state index contributed by atoms with van der Waals surface area (Å²) < 4.78 is 0. The molecule has 0 fully saturated rings. The SMILES string of the molecule is C=NN=C(NN=C)NN=C.Cl. The largest absolute Gasteiger partial charge is 0.257 e. The van der Waals surface area contributed by atoms with E-state index in [9.17, 15) is 0 Å². The van der Waals surface area contributed by atoms with E-state index < -0.39 is 0 Å². The van der Waals surface area contributed by atoms with Crippen molar-refractivity contribution in [3.8, 4) is 0 Å². The molecular weight excluding hydrogens is 168 g/mol. The first kappa shape index (κ1) is 12.3. The van der Waals surface area contributed by atoms with E-state index in [2.05, 4.69) is 51.4 Å². The first-order valence-electron chi connectivity index (χ1n) is 2.32. The van der Waals surface area contributed by atoms with Gasteiger partial charge in [0.25, 0.3) is 5.96 Å². The predicted molar refractivity (Wildman–Crippen MR) is 49.6 cm³/mol. The standard InChI is InChI=1S/C4H8N6.ClH/c1-5-8-4(9-6-2)10-7-3;/h1-3H2,(H2,8,9,10);1H. The molecule has 0 aliphatic heterocycles. The van der Waals surface area contributed by atoms with Gasteiger partial charge in [0.1, 0.15) is 0 Å². The quantitative estimate of drug-likeness (QED) is 0.355. The summed E-state index contributed by atoms with van der Waals surface area (Å²) in [6.07, 6.45) is 0. The highest BCUT2D eigenvalue weighted by atomic mass is 35.5. The van der Waals surface area contributed by atoms with E-state index in [1.54, 1.807) is 0 Å². The Morgan fingerprint density at radius 2 is 1.45 bits per heavy atom. The second-order valence-electron chi connectivity index (χ2n) is 1.13. The molecule has 2 N–H and O–H groups in total. The minimum Gasteiger partial charge on any atom is -0.245 e. The minimum atomic E-state index is 0. The van der Waals surface area contributed by atoms with Gasteiger partial charge >= 0.3 is 0 Å². The van der Waals surface area contributed by atoms with Gasteiger partial charge in [0.2, 0.25) is 0 Å². The van der Waals surface area contributed by atoms with Gasteiger partial charge in [0.15, 0.2) is 0 Å². The molecular formula is C4H9ClN6. The van der Waals surface area contributed by atoms with Crippen LogP contribution >= 0.6 is 12.4 Å². The van der Waals surface area contributed by atoms with Crippen molar-refractivity contribution in [1.82, 2.24) is 10.9 Å². The molecule has 0 heterocycles. The van der Waals surface area contributed by atoms with Crippen LogP contribution in [0.5, 0.6) is 0 Å². The van der Waals surface area contributed by atoms with Crippen LogP contribution in [0.3, 0.4) is 0 Å². The highest BCUT2D eigenvalue weighted by Crippen LogP contribution is 1.69. The Bertz CT molecular complexity index is 152. The summed E-state index contributed by atoms with van der Waals surface area (Å²) in [5.74, 6) is 0.222. The molecule has 11 heavy (non-hydrogen) atoms. The Morgan fingerprint density at radius 1 is 1.00 bits per heavy atom. The zero-order valence-electron chi connectivity index (χ0n) is 5.82. The summed E-state index contributed by atoms with van der Waals surface area (Å²) in [6, 6.07) is 0. The third-order valence-corrected chi connectivity index (χ3v) is 0.541. The average molecular weight is 177 g/mol. The van der Waals surface area contributed by atoms with Crippen molar-refractivity contribution < 1.29 is 0 Å². The molecule has 0 saturated heterocycles. The second kappa shape index (κ2) is 8.57. The molecule has 0 saturated carbocycles. The van der Waals surface area contributed by atoms with Crippen LogP contribution in [0.1, 0.15) is 0 Å². The average Bonchev–Trinajstić information content (AvgIpc) is 1.90. The number of nitrogens with one attached hydrogen (secondary N) is 2. The Kier molecular flexibility index (Phi) is 9.56. The summed E-state index contributed by atoms with van der Waals surface area (Å²) in [6.45, 7) is 9.44. The van der Waals surface area contributed by atoms with E-state index in [1.165, 1.54) is 0 Å². The maximum Gasteiger partial charge on any atom is 0.257 e. The summed E-state index contributed by atoms with van der Waals surface area (Å²) >= 11 is 0. The molecule has 0 rings (SSSR count). The molecule has 62 valence electrons. The van der Waals surface area contributed by atoms with Gasteiger partial charge in [-0.3, -0.25) is 0 Å². The van der Waals surface area contributed by atoms with E-state index >= 15 is 0 Å². The number of nitrogens with zero attached hydrogens (tertiary/aromatic N) is 4. The lowest BCUT2D eigenvalue weighted by molar-refractivity contribution is 0.895. The predicted octanol–water partition coefficient (Wildman–Crippen LogP) is -0.210. The molecule has 7 heteroatoms. The zero-order chi connectivity index (χ0) is 7.82. The van der Waals surface area contributed by atoms with Crippen LogP contribution < -0.4 is 10.9 Å². The van der Waals surface area contributed by atoms with Crippen LogP contribution in [0, 0.1) is 0 Å². The fourth-order valence-electron chi connectivity index (χ4n) is 0.290. The van der Waals surface area contributed by atoms with Gasteiger partial charge in [0, 0.05) is 20.2 Å². The summed E-state index contributed by atoms with van der Waals surface area (Å²) in [7, 11) is 0. The fourth-order valence-corrected chi connectivity index (χ4v) is 0.290. The Hall–Kier alpha value is -1.43. The highest BCUT2D eigenvalue weighted by molar-refractivity contribution is 5.85. The molecule has 0 unspecified atom stereocenters. The molecule has 0 aromatic carbocycles. The number of guanidine groups is 1. The number of hydrogen-bond acceptors (Lipinski definition) is 4. The van der Waals surface area contributed by atoms with E-state index in [-0.39, 0.29) is 18.4 Å². The van der Waals surface area contributed by atoms with Crippen LogP contribution in [0.4, 0.5) is 0 Å². The zero-order valence-corrected chi connectivity index (χ0v) is 6.63. The third-order valence-electron chi connectivity index (χ3n) is 0.541. The van der Waals surface area contributed by atoms with Crippen molar-refractivity contribution >= 4 is 38.5 Å². The normalized spacial score (nSPS) is 6.55. The first-order valence-corrected chi connectivity index (χ1v) is 2.32. The van der Waals surface area contributed by atoms with E-state index in [4.69, 9.17) is 0 Å². The Morgan fingerprint density at radius 3 is 1.73 bits per heavy atom. The smallest absolute Gasteiger partial charge is 0.245 e. The molecule has 0 aromatic rings. The van der Waals surface area contributed by atoms with Crippen LogP contribution in [0.25, 0.3) is 0 Å². The number of hydrogen-bond donors (Lipinski definition) is 2. The van der Waals surface area contributed by atoms with E-state index in [0.29, 0.717) is 0 Å². The van der Waals surface area contributed by atoms with Gasteiger partial charge in [-0.15, -0.1) is 17.5 Å². The molecule has 0 amide bonds. The number of hydrazone groups is 2. The monoisotopic (exact) mass is 176 g/mol. The lowest BCUT2D eigenvalue weighted by Crippen LogP contribution is -2.29. The molecule has 0 atom stereocenters. The van der Waals surface area contributed by atoms with Gasteiger partial charge in [-0.25, -0.2) is 10.9 Å². The van der Waals surface area contributed by atoms with Crippen molar-refractivity contribution in [3.63, 3.8) is 0 Å².